The predicted octanol–water partition coefficient (Wildman–Crippen LogP) is 7.56. The fraction of sp³-hybridized carbons (Fsp3) is 0.903. The minimum absolute atomic E-state index is 0.0247. The number of carbonyl (C=O) groups excluding carboxylic acids is 1. The summed E-state index contributed by atoms with van der Waals surface area (Å²) in [5, 5.41) is 8.63. The molecule has 1 N–H and O–H groups in total. The molecule has 0 aliphatic heterocycles. The van der Waals surface area contributed by atoms with E-state index < -0.39 is 0 Å². The number of hydrogen-bond donors (Lipinski definition) is 1. The quantitative estimate of drug-likeness (QED) is 0.0589. The van der Waals surface area contributed by atoms with E-state index in [1.165, 1.54) is 95.5 Å². The highest BCUT2D eigenvalue weighted by Crippen LogP contribution is 2.19. The van der Waals surface area contributed by atoms with Crippen LogP contribution in [0.5, 0.6) is 0 Å². The Morgan fingerprint density at radius 1 is 0.541 bits per heavy atom. The van der Waals surface area contributed by atoms with Crippen LogP contribution >= 0.6 is 0 Å². The summed E-state index contributed by atoms with van der Waals surface area (Å²) in [6, 6.07) is 0. The number of ether oxygens (including phenoxy) is 4. The van der Waals surface area contributed by atoms with E-state index in [1.807, 2.05) is 0 Å². The van der Waals surface area contributed by atoms with Crippen LogP contribution in [0.3, 0.4) is 0 Å². The van der Waals surface area contributed by atoms with Crippen LogP contribution in [0.4, 0.5) is 0 Å². The van der Waals surface area contributed by atoms with E-state index in [2.05, 4.69) is 13.8 Å². The minimum atomic E-state index is -0.241. The van der Waals surface area contributed by atoms with Crippen molar-refractivity contribution in [2.75, 3.05) is 52.9 Å². The standard InChI is InChI=1S/C31H60O6/c1-3-5-7-9-11-13-15-17-19-30(20-18-16-14-12-10-8-6-4-2)29-31(33)37-28-27-36-26-25-35-24-23-34-22-21-32/h29,32H,3-28H2,1-2H3. The molecular weight excluding hydrogens is 468 g/mol. The molecule has 6 nitrogen and oxygen atoms in total. The van der Waals surface area contributed by atoms with Gasteiger partial charge in [0, 0.05) is 6.08 Å². The molecule has 6 heteroatoms. The molecule has 0 amide bonds. The third-order valence-corrected chi connectivity index (χ3v) is 6.48. The smallest absolute Gasteiger partial charge is 0.330 e. The number of esters is 1. The fourth-order valence-corrected chi connectivity index (χ4v) is 4.26. The van der Waals surface area contributed by atoms with E-state index in [1.54, 1.807) is 6.08 Å². The Morgan fingerprint density at radius 2 is 0.919 bits per heavy atom. The number of hydrogen-bond acceptors (Lipinski definition) is 6. The summed E-state index contributed by atoms with van der Waals surface area (Å²) in [5.41, 5.74) is 1.25. The molecule has 0 saturated carbocycles. The van der Waals surface area contributed by atoms with Crippen LogP contribution < -0.4 is 0 Å². The number of rotatable bonds is 30. The molecule has 0 saturated heterocycles. The highest BCUT2D eigenvalue weighted by Gasteiger charge is 2.05. The van der Waals surface area contributed by atoms with Gasteiger partial charge >= 0.3 is 5.97 Å². The van der Waals surface area contributed by atoms with Gasteiger partial charge in [-0.3, -0.25) is 0 Å². The first kappa shape index (κ1) is 36.0. The normalized spacial score (nSPS) is 11.1. The topological polar surface area (TPSA) is 74.2 Å². The number of aliphatic hydroxyl groups is 1. The SMILES string of the molecule is CCCCCCCCCCC(=CC(=O)OCCOCCOCCOCCO)CCCCCCCCCC. The summed E-state index contributed by atoms with van der Waals surface area (Å²) >= 11 is 0. The van der Waals surface area contributed by atoms with Gasteiger partial charge in [0.1, 0.15) is 6.61 Å². The molecular formula is C31H60O6. The number of allylic oxidation sites excluding steroid dienone is 1. The molecule has 0 aromatic carbocycles. The molecule has 0 aliphatic rings. The summed E-state index contributed by atoms with van der Waals surface area (Å²) in [4.78, 5) is 12.4. The first-order valence-electron chi connectivity index (χ1n) is 15.4. The zero-order valence-electron chi connectivity index (χ0n) is 24.5. The van der Waals surface area contributed by atoms with Crippen molar-refractivity contribution in [1.29, 1.82) is 0 Å². The molecule has 0 bridgehead atoms. The summed E-state index contributed by atoms with van der Waals surface area (Å²) in [7, 11) is 0. The van der Waals surface area contributed by atoms with Crippen LogP contribution in [-0.4, -0.2) is 63.9 Å². The average molecular weight is 529 g/mol. The first-order chi connectivity index (χ1) is 18.2. The molecule has 0 aromatic heterocycles. The Labute approximate surface area is 228 Å². The lowest BCUT2D eigenvalue weighted by molar-refractivity contribution is -0.139. The van der Waals surface area contributed by atoms with Gasteiger partial charge in [0.25, 0.3) is 0 Å². The molecule has 0 atom stereocenters. The van der Waals surface area contributed by atoms with Crippen molar-refractivity contribution in [3.05, 3.63) is 11.6 Å². The molecule has 37 heavy (non-hydrogen) atoms. The van der Waals surface area contributed by atoms with E-state index >= 15 is 0 Å². The molecule has 0 radical (unpaired) electrons. The van der Waals surface area contributed by atoms with Gasteiger partial charge in [0.15, 0.2) is 0 Å². The van der Waals surface area contributed by atoms with Gasteiger partial charge in [-0.25, -0.2) is 4.79 Å². The van der Waals surface area contributed by atoms with Crippen LogP contribution in [0.2, 0.25) is 0 Å². The second-order valence-corrected chi connectivity index (χ2v) is 9.98. The monoisotopic (exact) mass is 528 g/mol. The molecule has 0 rings (SSSR count). The van der Waals surface area contributed by atoms with Crippen molar-refractivity contribution in [3.8, 4) is 0 Å². The fourth-order valence-electron chi connectivity index (χ4n) is 4.26. The third-order valence-electron chi connectivity index (χ3n) is 6.48. The minimum Gasteiger partial charge on any atom is -0.460 e. The van der Waals surface area contributed by atoms with E-state index in [0.717, 1.165) is 25.7 Å². The van der Waals surface area contributed by atoms with Crippen molar-refractivity contribution in [2.24, 2.45) is 0 Å². The van der Waals surface area contributed by atoms with Gasteiger partial charge in [-0.1, -0.05) is 109 Å². The van der Waals surface area contributed by atoms with Crippen LogP contribution in [0.25, 0.3) is 0 Å². The van der Waals surface area contributed by atoms with Gasteiger partial charge < -0.3 is 24.1 Å². The zero-order chi connectivity index (χ0) is 27.1. The lowest BCUT2D eigenvalue weighted by Gasteiger charge is -2.09. The van der Waals surface area contributed by atoms with Crippen molar-refractivity contribution in [2.45, 2.75) is 129 Å². The Bertz CT molecular complexity index is 472. The second-order valence-electron chi connectivity index (χ2n) is 9.98. The first-order valence-corrected chi connectivity index (χ1v) is 15.4. The Morgan fingerprint density at radius 3 is 1.35 bits per heavy atom. The summed E-state index contributed by atoms with van der Waals surface area (Å²) in [6.07, 6.45) is 24.6. The molecule has 0 aliphatic carbocycles. The number of aliphatic hydroxyl groups excluding tert-OH is 1. The van der Waals surface area contributed by atoms with Gasteiger partial charge in [-0.15, -0.1) is 0 Å². The molecule has 0 heterocycles. The van der Waals surface area contributed by atoms with Gasteiger partial charge in [0.2, 0.25) is 0 Å². The maximum absolute atomic E-state index is 12.4. The van der Waals surface area contributed by atoms with Crippen LogP contribution in [0.1, 0.15) is 129 Å². The van der Waals surface area contributed by atoms with Crippen molar-refractivity contribution >= 4 is 5.97 Å². The maximum atomic E-state index is 12.4. The lowest BCUT2D eigenvalue weighted by Crippen LogP contribution is -2.13. The zero-order valence-corrected chi connectivity index (χ0v) is 24.5. The summed E-state index contributed by atoms with van der Waals surface area (Å²) < 4.78 is 21.3. The largest absolute Gasteiger partial charge is 0.460 e. The highest BCUT2D eigenvalue weighted by atomic mass is 16.6. The van der Waals surface area contributed by atoms with Crippen LogP contribution in [0.15, 0.2) is 11.6 Å². The van der Waals surface area contributed by atoms with Gasteiger partial charge in [-0.2, -0.15) is 0 Å². The Hall–Kier alpha value is -0.950. The number of carbonyl (C=O) groups is 1. The van der Waals surface area contributed by atoms with E-state index in [0.29, 0.717) is 39.6 Å². The van der Waals surface area contributed by atoms with E-state index in [4.69, 9.17) is 24.1 Å². The molecule has 0 fully saturated rings. The highest BCUT2D eigenvalue weighted by molar-refractivity contribution is 5.82. The molecule has 0 spiro atoms. The average Bonchev–Trinajstić information content (AvgIpc) is 2.90. The second kappa shape index (κ2) is 31.3. The number of unbranched alkanes of at least 4 members (excludes halogenated alkanes) is 14. The maximum Gasteiger partial charge on any atom is 0.330 e. The molecule has 0 unspecified atom stereocenters. The van der Waals surface area contributed by atoms with E-state index in [-0.39, 0.29) is 19.2 Å². The molecule has 0 aromatic rings. The summed E-state index contributed by atoms with van der Waals surface area (Å²) in [6.45, 7) is 7.37. The molecule has 220 valence electrons. The van der Waals surface area contributed by atoms with Crippen molar-refractivity contribution < 1.29 is 28.8 Å². The Kier molecular flexibility index (Phi) is 30.5. The lowest BCUT2D eigenvalue weighted by atomic mass is 9.99. The summed E-state index contributed by atoms with van der Waals surface area (Å²) in [5.74, 6) is -0.241. The predicted molar refractivity (Wildman–Crippen MR) is 153 cm³/mol. The van der Waals surface area contributed by atoms with Crippen molar-refractivity contribution in [3.63, 3.8) is 0 Å². The van der Waals surface area contributed by atoms with Crippen LogP contribution in [0, 0.1) is 0 Å². The van der Waals surface area contributed by atoms with Gasteiger partial charge in [-0.05, 0) is 25.7 Å². The third kappa shape index (κ3) is 29.5. The van der Waals surface area contributed by atoms with Crippen molar-refractivity contribution in [1.82, 2.24) is 0 Å². The van der Waals surface area contributed by atoms with Gasteiger partial charge in [0.05, 0.1) is 46.2 Å². The van der Waals surface area contributed by atoms with E-state index in [9.17, 15) is 4.79 Å². The Balaban J connectivity index is 4.10. The van der Waals surface area contributed by atoms with Crippen LogP contribution in [-0.2, 0) is 23.7 Å².